The molecule has 1 amide bonds. The summed E-state index contributed by atoms with van der Waals surface area (Å²) in [5.74, 6) is 1.70. The van der Waals surface area contributed by atoms with Crippen molar-refractivity contribution in [2.75, 3.05) is 13.1 Å². The number of carbonyl (C=O) groups excluding carboxylic acids is 1. The normalized spacial score (nSPS) is 23.7. The number of nitrogens with one attached hydrogen (secondary N) is 1. The number of likely N-dealkylation sites (tertiary alicyclic amines) is 1. The van der Waals surface area contributed by atoms with Crippen LogP contribution >= 0.6 is 0 Å². The van der Waals surface area contributed by atoms with Crippen LogP contribution in [0.15, 0.2) is 6.07 Å². The summed E-state index contributed by atoms with van der Waals surface area (Å²) < 4.78 is 0. The minimum Gasteiger partial charge on any atom is -0.337 e. The van der Waals surface area contributed by atoms with Crippen LogP contribution in [0, 0.1) is 11.8 Å². The molecule has 1 aliphatic heterocycles. The highest BCUT2D eigenvalue weighted by Crippen LogP contribution is 2.35. The molecule has 1 aliphatic carbocycles. The fourth-order valence-electron chi connectivity index (χ4n) is 3.99. The molecular formula is C17H27N3O. The first kappa shape index (κ1) is 14.6. The van der Waals surface area contributed by atoms with E-state index in [-0.39, 0.29) is 5.91 Å². The minimum atomic E-state index is 0.118. The molecule has 1 unspecified atom stereocenters. The Morgan fingerprint density at radius 2 is 2.10 bits per heavy atom. The van der Waals surface area contributed by atoms with Gasteiger partial charge in [0.2, 0.25) is 0 Å². The fraction of sp³-hybridized carbons (Fsp3) is 0.765. The van der Waals surface area contributed by atoms with Gasteiger partial charge in [0.1, 0.15) is 5.69 Å². The lowest BCUT2D eigenvalue weighted by atomic mass is 9.80. The van der Waals surface area contributed by atoms with E-state index in [1.807, 2.05) is 11.0 Å². The molecular weight excluding hydrogens is 262 g/mol. The highest BCUT2D eigenvalue weighted by Gasteiger charge is 2.33. The second-order valence-electron chi connectivity index (χ2n) is 6.73. The molecule has 1 saturated carbocycles. The smallest absolute Gasteiger partial charge is 0.274 e. The number of H-pyrrole nitrogens is 1. The van der Waals surface area contributed by atoms with Crippen molar-refractivity contribution in [2.45, 2.75) is 58.3 Å². The highest BCUT2D eigenvalue weighted by molar-refractivity contribution is 5.92. The maximum absolute atomic E-state index is 12.5. The van der Waals surface area contributed by atoms with Crippen molar-refractivity contribution in [3.63, 3.8) is 0 Å². The van der Waals surface area contributed by atoms with Gasteiger partial charge in [-0.2, -0.15) is 5.10 Å². The van der Waals surface area contributed by atoms with Crippen LogP contribution in [0.25, 0.3) is 0 Å². The summed E-state index contributed by atoms with van der Waals surface area (Å²) >= 11 is 0. The molecule has 3 rings (SSSR count). The topological polar surface area (TPSA) is 49.0 Å². The van der Waals surface area contributed by atoms with Gasteiger partial charge in [-0.15, -0.1) is 0 Å². The molecule has 21 heavy (non-hydrogen) atoms. The first-order chi connectivity index (χ1) is 10.3. The van der Waals surface area contributed by atoms with Gasteiger partial charge < -0.3 is 4.90 Å². The molecule has 4 heteroatoms. The molecule has 1 saturated heterocycles. The Morgan fingerprint density at radius 3 is 2.86 bits per heavy atom. The number of hydrogen-bond acceptors (Lipinski definition) is 2. The van der Waals surface area contributed by atoms with Crippen LogP contribution in [-0.2, 0) is 6.42 Å². The van der Waals surface area contributed by atoms with Gasteiger partial charge >= 0.3 is 0 Å². The number of carbonyl (C=O) groups is 1. The lowest BCUT2D eigenvalue weighted by Gasteiger charge is -2.27. The maximum Gasteiger partial charge on any atom is 0.274 e. The van der Waals surface area contributed by atoms with E-state index in [9.17, 15) is 4.79 Å². The Bertz CT molecular complexity index is 476. The molecule has 0 spiro atoms. The Hall–Kier alpha value is -1.32. The summed E-state index contributed by atoms with van der Waals surface area (Å²) in [7, 11) is 0. The average Bonchev–Trinajstić information content (AvgIpc) is 3.17. The Labute approximate surface area is 127 Å². The molecule has 4 nitrogen and oxygen atoms in total. The summed E-state index contributed by atoms with van der Waals surface area (Å²) in [6.45, 7) is 3.99. The molecule has 2 aliphatic rings. The Balaban J connectivity index is 1.58. The molecule has 1 N–H and O–H groups in total. The zero-order chi connectivity index (χ0) is 14.7. The van der Waals surface area contributed by atoms with E-state index in [0.29, 0.717) is 5.69 Å². The number of nitrogens with zero attached hydrogens (tertiary/aromatic N) is 2. The van der Waals surface area contributed by atoms with Crippen molar-refractivity contribution in [1.29, 1.82) is 0 Å². The quantitative estimate of drug-likeness (QED) is 0.923. The predicted molar refractivity (Wildman–Crippen MR) is 83.2 cm³/mol. The van der Waals surface area contributed by atoms with Crippen LogP contribution in [0.2, 0.25) is 0 Å². The first-order valence-electron chi connectivity index (χ1n) is 8.61. The van der Waals surface area contributed by atoms with Gasteiger partial charge in [0.15, 0.2) is 0 Å². The molecule has 2 fully saturated rings. The van der Waals surface area contributed by atoms with Crippen molar-refractivity contribution in [1.82, 2.24) is 15.1 Å². The van der Waals surface area contributed by atoms with Gasteiger partial charge in [0.25, 0.3) is 5.91 Å². The van der Waals surface area contributed by atoms with Crippen molar-refractivity contribution < 1.29 is 4.79 Å². The molecule has 1 aromatic rings. The second kappa shape index (κ2) is 6.63. The number of aromatic amines is 1. The molecule has 0 radical (unpaired) electrons. The summed E-state index contributed by atoms with van der Waals surface area (Å²) in [6, 6.07) is 1.93. The zero-order valence-corrected chi connectivity index (χ0v) is 13.1. The van der Waals surface area contributed by atoms with Gasteiger partial charge in [-0.25, -0.2) is 0 Å². The third-order valence-electron chi connectivity index (χ3n) is 5.20. The number of hydrogen-bond donors (Lipinski definition) is 1. The predicted octanol–water partition coefficient (Wildman–Crippen LogP) is 3.40. The van der Waals surface area contributed by atoms with Crippen LogP contribution in [0.3, 0.4) is 0 Å². The number of aromatic nitrogens is 2. The largest absolute Gasteiger partial charge is 0.337 e. The van der Waals surface area contributed by atoms with E-state index in [1.165, 1.54) is 38.5 Å². The maximum atomic E-state index is 12.5. The summed E-state index contributed by atoms with van der Waals surface area (Å²) in [4.78, 5) is 14.6. The Morgan fingerprint density at radius 1 is 1.29 bits per heavy atom. The highest BCUT2D eigenvalue weighted by atomic mass is 16.2. The second-order valence-corrected chi connectivity index (χ2v) is 6.73. The van der Waals surface area contributed by atoms with E-state index in [0.717, 1.165) is 43.5 Å². The number of rotatable bonds is 4. The van der Waals surface area contributed by atoms with Crippen molar-refractivity contribution in [2.24, 2.45) is 11.8 Å². The number of aryl methyl sites for hydroxylation is 1. The lowest BCUT2D eigenvalue weighted by Crippen LogP contribution is -2.30. The van der Waals surface area contributed by atoms with Crippen molar-refractivity contribution in [3.05, 3.63) is 17.5 Å². The fourth-order valence-corrected chi connectivity index (χ4v) is 3.99. The van der Waals surface area contributed by atoms with Gasteiger partial charge in [-0.05, 0) is 30.7 Å². The Kier molecular flexibility index (Phi) is 4.61. The molecule has 116 valence electrons. The molecule has 0 bridgehead atoms. The van der Waals surface area contributed by atoms with E-state index in [4.69, 9.17) is 0 Å². The standard InChI is InChI=1S/C17H27N3O/c1-2-6-15-11-16(19-18-15)17(21)20-10-9-14(12-20)13-7-4-3-5-8-13/h11,13-14H,2-10,12H2,1H3,(H,18,19). The van der Waals surface area contributed by atoms with E-state index >= 15 is 0 Å². The monoisotopic (exact) mass is 289 g/mol. The van der Waals surface area contributed by atoms with Crippen LogP contribution in [0.1, 0.15) is 68.1 Å². The van der Waals surface area contributed by atoms with Crippen molar-refractivity contribution >= 4 is 5.91 Å². The minimum absolute atomic E-state index is 0.118. The third-order valence-corrected chi connectivity index (χ3v) is 5.20. The van der Waals surface area contributed by atoms with Crippen LogP contribution in [-0.4, -0.2) is 34.1 Å². The van der Waals surface area contributed by atoms with E-state index in [2.05, 4.69) is 17.1 Å². The van der Waals surface area contributed by atoms with Gasteiger partial charge in [0.05, 0.1) is 0 Å². The van der Waals surface area contributed by atoms with Crippen LogP contribution in [0.4, 0.5) is 0 Å². The van der Waals surface area contributed by atoms with Gasteiger partial charge in [-0.3, -0.25) is 9.89 Å². The third kappa shape index (κ3) is 3.30. The summed E-state index contributed by atoms with van der Waals surface area (Å²) in [6.07, 6.45) is 10.1. The zero-order valence-electron chi connectivity index (χ0n) is 13.1. The summed E-state index contributed by atoms with van der Waals surface area (Å²) in [5, 5.41) is 7.19. The molecule has 1 atom stereocenters. The number of amides is 1. The van der Waals surface area contributed by atoms with Gasteiger partial charge in [-0.1, -0.05) is 45.4 Å². The SMILES string of the molecule is CCCc1cc(C(=O)N2CCC(C3CCCCC3)C2)n[nH]1. The van der Waals surface area contributed by atoms with Crippen molar-refractivity contribution in [3.8, 4) is 0 Å². The van der Waals surface area contributed by atoms with E-state index < -0.39 is 0 Å². The molecule has 0 aromatic carbocycles. The van der Waals surface area contributed by atoms with Crippen LogP contribution < -0.4 is 0 Å². The molecule has 2 heterocycles. The first-order valence-corrected chi connectivity index (χ1v) is 8.61. The lowest BCUT2D eigenvalue weighted by molar-refractivity contribution is 0.0774. The van der Waals surface area contributed by atoms with Crippen LogP contribution in [0.5, 0.6) is 0 Å². The van der Waals surface area contributed by atoms with Gasteiger partial charge in [0, 0.05) is 18.8 Å². The summed E-state index contributed by atoms with van der Waals surface area (Å²) in [5.41, 5.74) is 1.67. The molecule has 1 aromatic heterocycles. The van der Waals surface area contributed by atoms with E-state index in [1.54, 1.807) is 0 Å². The average molecular weight is 289 g/mol.